The van der Waals surface area contributed by atoms with Crippen LogP contribution in [-0.4, -0.2) is 30.6 Å². The maximum absolute atomic E-state index is 12.4. The van der Waals surface area contributed by atoms with Crippen LogP contribution in [0.25, 0.3) is 16.5 Å². The molecule has 156 valence electrons. The Kier molecular flexibility index (Phi) is 6.30. The summed E-state index contributed by atoms with van der Waals surface area (Å²) in [5, 5.41) is 13.1. The molecule has 0 unspecified atom stereocenters. The summed E-state index contributed by atoms with van der Waals surface area (Å²) in [7, 11) is 1.61. The van der Waals surface area contributed by atoms with Gasteiger partial charge in [0.05, 0.1) is 13.0 Å². The molecule has 2 N–H and O–H groups in total. The van der Waals surface area contributed by atoms with Crippen LogP contribution in [-0.2, 0) is 9.59 Å². The lowest BCUT2D eigenvalue weighted by molar-refractivity contribution is -0.143. The van der Waals surface area contributed by atoms with Crippen LogP contribution in [0, 0.1) is 25.7 Å². The van der Waals surface area contributed by atoms with E-state index in [2.05, 4.69) is 5.32 Å². The second kappa shape index (κ2) is 8.72. The molecule has 6 nitrogen and oxygen atoms in total. The number of methoxy groups -OCH3 is 1. The zero-order chi connectivity index (χ0) is 21.1. The predicted molar refractivity (Wildman–Crippen MR) is 112 cm³/mol. The summed E-state index contributed by atoms with van der Waals surface area (Å²) in [5.74, 6) is 0.785. The topological polar surface area (TPSA) is 88.8 Å². The first kappa shape index (κ1) is 21.0. The Morgan fingerprint density at radius 3 is 2.55 bits per heavy atom. The molecule has 1 aromatic heterocycles. The van der Waals surface area contributed by atoms with E-state index in [0.717, 1.165) is 46.3 Å². The predicted octanol–water partition coefficient (Wildman–Crippen LogP) is 4.47. The molecule has 2 aromatic rings. The van der Waals surface area contributed by atoms with Gasteiger partial charge in [-0.25, -0.2) is 0 Å². The van der Waals surface area contributed by atoms with Crippen LogP contribution in [0.15, 0.2) is 22.6 Å². The van der Waals surface area contributed by atoms with Gasteiger partial charge in [-0.3, -0.25) is 9.59 Å². The molecule has 29 heavy (non-hydrogen) atoms. The van der Waals surface area contributed by atoms with Crippen molar-refractivity contribution in [1.29, 1.82) is 0 Å². The summed E-state index contributed by atoms with van der Waals surface area (Å²) in [6, 6.07) is 3.87. The van der Waals surface area contributed by atoms with E-state index in [1.165, 1.54) is 0 Å². The Bertz CT molecular complexity index is 948. The first-order valence-electron chi connectivity index (χ1n) is 10.1. The standard InChI is InChI=1S/C23H29NO5/c1-13(9-22(25)24-12-16-5-7-17(8-6-16)23(26)27)18-10-19-14(2)15(3)29-21(19)11-20(18)28-4/h9-11,16-17H,5-8,12H2,1-4H3,(H,24,25)(H,26,27)/b13-9+. The number of aryl methyl sites for hydroxylation is 2. The third kappa shape index (κ3) is 4.63. The molecule has 0 bridgehead atoms. The van der Waals surface area contributed by atoms with Gasteiger partial charge >= 0.3 is 5.97 Å². The summed E-state index contributed by atoms with van der Waals surface area (Å²) in [5.41, 5.74) is 3.53. The van der Waals surface area contributed by atoms with Crippen molar-refractivity contribution in [2.24, 2.45) is 11.8 Å². The average molecular weight is 399 g/mol. The number of carboxylic acid groups (broad SMARTS) is 1. The Balaban J connectivity index is 1.68. The fourth-order valence-electron chi connectivity index (χ4n) is 4.03. The van der Waals surface area contributed by atoms with E-state index in [-0.39, 0.29) is 11.8 Å². The molecule has 3 rings (SSSR count). The van der Waals surface area contributed by atoms with E-state index in [1.807, 2.05) is 32.9 Å². The maximum Gasteiger partial charge on any atom is 0.306 e. The zero-order valence-corrected chi connectivity index (χ0v) is 17.5. The minimum atomic E-state index is -0.708. The highest BCUT2D eigenvalue weighted by Gasteiger charge is 2.25. The second-order valence-corrected chi connectivity index (χ2v) is 7.96. The lowest BCUT2D eigenvalue weighted by Gasteiger charge is -2.26. The number of fused-ring (bicyclic) bond motifs is 1. The fraction of sp³-hybridized carbons (Fsp3) is 0.478. The number of hydrogen-bond acceptors (Lipinski definition) is 4. The van der Waals surface area contributed by atoms with Crippen LogP contribution in [0.3, 0.4) is 0 Å². The Morgan fingerprint density at radius 2 is 1.93 bits per heavy atom. The number of hydrogen-bond donors (Lipinski definition) is 2. The number of rotatable bonds is 6. The van der Waals surface area contributed by atoms with Gasteiger partial charge < -0.3 is 19.6 Å². The Hall–Kier alpha value is -2.76. The number of ether oxygens (including phenoxy) is 1. The van der Waals surface area contributed by atoms with Crippen molar-refractivity contribution < 1.29 is 23.8 Å². The van der Waals surface area contributed by atoms with Gasteiger partial charge in [0.1, 0.15) is 17.1 Å². The van der Waals surface area contributed by atoms with Gasteiger partial charge in [0.25, 0.3) is 0 Å². The van der Waals surface area contributed by atoms with Crippen molar-refractivity contribution >= 4 is 28.4 Å². The van der Waals surface area contributed by atoms with Crippen LogP contribution in [0.1, 0.15) is 49.5 Å². The van der Waals surface area contributed by atoms with E-state index in [1.54, 1.807) is 13.2 Å². The lowest BCUT2D eigenvalue weighted by Crippen LogP contribution is -2.31. The number of amides is 1. The van der Waals surface area contributed by atoms with Crippen LogP contribution >= 0.6 is 0 Å². The molecule has 1 amide bonds. The van der Waals surface area contributed by atoms with Crippen LogP contribution in [0.2, 0.25) is 0 Å². The van der Waals surface area contributed by atoms with Gasteiger partial charge in [-0.05, 0) is 69.6 Å². The van der Waals surface area contributed by atoms with E-state index in [9.17, 15) is 9.59 Å². The summed E-state index contributed by atoms with van der Waals surface area (Å²) in [4.78, 5) is 23.5. The highest BCUT2D eigenvalue weighted by molar-refractivity contribution is 5.97. The molecule has 1 aliphatic carbocycles. The average Bonchev–Trinajstić information content (AvgIpc) is 2.98. The number of carboxylic acids is 1. The molecule has 1 fully saturated rings. The molecular formula is C23H29NO5. The van der Waals surface area contributed by atoms with Crippen molar-refractivity contribution in [3.63, 3.8) is 0 Å². The number of carbonyl (C=O) groups is 2. The molecule has 1 aliphatic rings. The molecule has 1 aromatic carbocycles. The third-order valence-electron chi connectivity index (χ3n) is 6.03. The molecular weight excluding hydrogens is 370 g/mol. The Labute approximate surface area is 170 Å². The number of allylic oxidation sites excluding steroid dienone is 1. The first-order valence-corrected chi connectivity index (χ1v) is 10.1. The number of furan rings is 1. The highest BCUT2D eigenvalue weighted by atomic mass is 16.5. The zero-order valence-electron chi connectivity index (χ0n) is 17.5. The molecule has 6 heteroatoms. The maximum atomic E-state index is 12.4. The quantitative estimate of drug-likeness (QED) is 0.700. The largest absolute Gasteiger partial charge is 0.496 e. The lowest BCUT2D eigenvalue weighted by atomic mass is 9.82. The van der Waals surface area contributed by atoms with E-state index in [0.29, 0.717) is 31.1 Å². The molecule has 0 atom stereocenters. The summed E-state index contributed by atoms with van der Waals surface area (Å²) >= 11 is 0. The fourth-order valence-corrected chi connectivity index (χ4v) is 4.03. The minimum Gasteiger partial charge on any atom is -0.496 e. The van der Waals surface area contributed by atoms with Crippen molar-refractivity contribution in [1.82, 2.24) is 5.32 Å². The molecule has 0 radical (unpaired) electrons. The second-order valence-electron chi connectivity index (χ2n) is 7.96. The molecule has 0 saturated heterocycles. The van der Waals surface area contributed by atoms with Crippen LogP contribution < -0.4 is 10.1 Å². The first-order chi connectivity index (χ1) is 13.8. The SMILES string of the molecule is COc1cc2oc(C)c(C)c2cc1/C(C)=C/C(=O)NCC1CCC(C(=O)O)CC1. The molecule has 1 saturated carbocycles. The summed E-state index contributed by atoms with van der Waals surface area (Å²) in [6.45, 7) is 6.42. The van der Waals surface area contributed by atoms with Crippen LogP contribution in [0.5, 0.6) is 5.75 Å². The highest BCUT2D eigenvalue weighted by Crippen LogP contribution is 2.34. The number of nitrogens with one attached hydrogen (secondary N) is 1. The number of aliphatic carboxylic acids is 1. The van der Waals surface area contributed by atoms with Gasteiger partial charge in [0, 0.05) is 29.6 Å². The minimum absolute atomic E-state index is 0.148. The smallest absolute Gasteiger partial charge is 0.306 e. The van der Waals surface area contributed by atoms with Crippen molar-refractivity contribution in [2.45, 2.75) is 46.5 Å². The van der Waals surface area contributed by atoms with Gasteiger partial charge in [-0.15, -0.1) is 0 Å². The van der Waals surface area contributed by atoms with Crippen molar-refractivity contribution in [2.75, 3.05) is 13.7 Å². The van der Waals surface area contributed by atoms with E-state index < -0.39 is 5.97 Å². The molecule has 0 spiro atoms. The molecule has 0 aliphatic heterocycles. The Morgan fingerprint density at radius 1 is 1.24 bits per heavy atom. The van der Waals surface area contributed by atoms with Crippen LogP contribution in [0.4, 0.5) is 0 Å². The van der Waals surface area contributed by atoms with E-state index in [4.69, 9.17) is 14.3 Å². The summed E-state index contributed by atoms with van der Waals surface area (Å²) < 4.78 is 11.3. The van der Waals surface area contributed by atoms with Crippen molar-refractivity contribution in [3.05, 3.63) is 35.1 Å². The van der Waals surface area contributed by atoms with Gasteiger partial charge in [0.2, 0.25) is 5.91 Å². The normalized spacial score (nSPS) is 19.9. The van der Waals surface area contributed by atoms with Gasteiger partial charge in [-0.2, -0.15) is 0 Å². The van der Waals surface area contributed by atoms with Crippen molar-refractivity contribution in [3.8, 4) is 5.75 Å². The number of benzene rings is 1. The number of carbonyl (C=O) groups excluding carboxylic acids is 1. The monoisotopic (exact) mass is 399 g/mol. The molecule has 1 heterocycles. The van der Waals surface area contributed by atoms with Gasteiger partial charge in [0.15, 0.2) is 0 Å². The van der Waals surface area contributed by atoms with Gasteiger partial charge in [-0.1, -0.05) is 0 Å². The summed E-state index contributed by atoms with van der Waals surface area (Å²) in [6.07, 6.45) is 4.64. The van der Waals surface area contributed by atoms with E-state index >= 15 is 0 Å². The third-order valence-corrected chi connectivity index (χ3v) is 6.03.